The zero-order valence-corrected chi connectivity index (χ0v) is 19.8. The molecule has 0 unspecified atom stereocenters. The molecule has 180 valence electrons. The molecule has 0 saturated carbocycles. The number of carbonyl (C=O) groups is 4. The number of thiophene rings is 1. The minimum Gasteiger partial charge on any atom is -0.481 e. The van der Waals surface area contributed by atoms with E-state index in [-0.39, 0.29) is 37.5 Å². The van der Waals surface area contributed by atoms with E-state index in [1.165, 1.54) is 34.4 Å². The van der Waals surface area contributed by atoms with Gasteiger partial charge in [-0.05, 0) is 41.5 Å². The largest absolute Gasteiger partial charge is 0.481 e. The first-order valence-corrected chi connectivity index (χ1v) is 11.9. The zero-order chi connectivity index (χ0) is 24.6. The van der Waals surface area contributed by atoms with Gasteiger partial charge in [0, 0.05) is 17.8 Å². The summed E-state index contributed by atoms with van der Waals surface area (Å²) in [5, 5.41) is 11.1. The van der Waals surface area contributed by atoms with Crippen molar-refractivity contribution in [1.82, 2.24) is 9.80 Å². The molecular formula is C24H26FN3O5S. The predicted molar refractivity (Wildman–Crippen MR) is 124 cm³/mol. The number of nitrogens with zero attached hydrogens (tertiary/aromatic N) is 3. The standard InChI is InChI=1S/C24H26FN3O5S/c1-24(2,13-20(30)31)12-19(29)26-9-8-18-21(26)22(32)28(16-6-3-5-15(25)11-16)23(33)27(18)14-17-7-4-10-34-17/h3-7,10-11,18,21H,8-9,12-14H2,1-2H3,(H,30,31)/t18-,21+/m1/s1. The van der Waals surface area contributed by atoms with Crippen molar-refractivity contribution < 1.29 is 28.7 Å². The minimum absolute atomic E-state index is 0.0470. The molecule has 0 spiro atoms. The SMILES string of the molecule is CC(C)(CC(=O)O)CC(=O)N1CC[C@@H]2[C@H]1C(=O)N(c1cccc(F)c1)C(=O)N2Cc1cccs1. The van der Waals surface area contributed by atoms with E-state index in [9.17, 15) is 23.6 Å². The molecule has 1 N–H and O–H groups in total. The second kappa shape index (κ2) is 9.17. The quantitative estimate of drug-likeness (QED) is 0.642. The van der Waals surface area contributed by atoms with Gasteiger partial charge in [0.15, 0.2) is 0 Å². The number of aliphatic carboxylic acids is 1. The molecule has 2 aliphatic heterocycles. The van der Waals surface area contributed by atoms with Gasteiger partial charge in [-0.2, -0.15) is 0 Å². The van der Waals surface area contributed by atoms with Gasteiger partial charge in [-0.15, -0.1) is 11.3 Å². The summed E-state index contributed by atoms with van der Waals surface area (Å²) in [6.45, 7) is 3.93. The Labute approximate surface area is 200 Å². The lowest BCUT2D eigenvalue weighted by Gasteiger charge is -2.43. The molecule has 0 radical (unpaired) electrons. The van der Waals surface area contributed by atoms with Crippen LogP contribution in [-0.2, 0) is 20.9 Å². The van der Waals surface area contributed by atoms with Gasteiger partial charge >= 0.3 is 12.0 Å². The first-order chi connectivity index (χ1) is 16.1. The zero-order valence-electron chi connectivity index (χ0n) is 18.9. The van der Waals surface area contributed by atoms with E-state index in [0.717, 1.165) is 15.8 Å². The number of carboxylic acid groups (broad SMARTS) is 1. The van der Waals surface area contributed by atoms with Crippen LogP contribution in [-0.4, -0.2) is 57.3 Å². The fourth-order valence-corrected chi connectivity index (χ4v) is 5.47. The van der Waals surface area contributed by atoms with Gasteiger partial charge in [-0.3, -0.25) is 14.4 Å². The maximum Gasteiger partial charge on any atom is 0.332 e. The molecule has 1 aromatic heterocycles. The molecule has 4 rings (SSSR count). The smallest absolute Gasteiger partial charge is 0.332 e. The summed E-state index contributed by atoms with van der Waals surface area (Å²) in [5.41, 5.74) is -0.692. The molecule has 2 atom stereocenters. The Balaban J connectivity index is 1.67. The van der Waals surface area contributed by atoms with Crippen LogP contribution in [0.25, 0.3) is 0 Å². The molecule has 2 aromatic rings. The van der Waals surface area contributed by atoms with Crippen molar-refractivity contribution in [3.8, 4) is 0 Å². The Hall–Kier alpha value is -3.27. The van der Waals surface area contributed by atoms with E-state index in [1.54, 1.807) is 18.7 Å². The third kappa shape index (κ3) is 4.68. The van der Waals surface area contributed by atoms with Gasteiger partial charge in [-0.25, -0.2) is 14.1 Å². The average Bonchev–Trinajstić information content (AvgIpc) is 3.40. The van der Waals surface area contributed by atoms with E-state index in [4.69, 9.17) is 5.11 Å². The number of imide groups is 1. The first kappa shape index (κ1) is 23.9. The Morgan fingerprint density at radius 3 is 2.59 bits per heavy atom. The molecule has 4 amide bonds. The summed E-state index contributed by atoms with van der Waals surface area (Å²) in [5.74, 6) is -2.50. The summed E-state index contributed by atoms with van der Waals surface area (Å²) in [6.07, 6.45) is 0.192. The third-order valence-electron chi connectivity index (χ3n) is 6.23. The van der Waals surface area contributed by atoms with Crippen LogP contribution in [0.3, 0.4) is 0 Å². The normalized spacial score (nSPS) is 20.6. The van der Waals surface area contributed by atoms with Gasteiger partial charge < -0.3 is 14.9 Å². The average molecular weight is 488 g/mol. The second-order valence-corrected chi connectivity index (χ2v) is 10.5. The molecule has 3 heterocycles. The van der Waals surface area contributed by atoms with Crippen LogP contribution >= 0.6 is 11.3 Å². The van der Waals surface area contributed by atoms with Crippen LogP contribution in [0, 0.1) is 11.2 Å². The van der Waals surface area contributed by atoms with E-state index in [1.807, 2.05) is 17.5 Å². The fourth-order valence-electron chi connectivity index (χ4n) is 4.77. The van der Waals surface area contributed by atoms with Crippen molar-refractivity contribution in [2.75, 3.05) is 11.4 Å². The number of hydrogen-bond donors (Lipinski definition) is 1. The van der Waals surface area contributed by atoms with E-state index in [2.05, 4.69) is 0 Å². The van der Waals surface area contributed by atoms with Crippen molar-refractivity contribution in [3.05, 3.63) is 52.5 Å². The lowest BCUT2D eigenvalue weighted by molar-refractivity contribution is -0.143. The number of rotatable bonds is 7. The number of carbonyl (C=O) groups excluding carboxylic acids is 3. The highest BCUT2D eigenvalue weighted by Crippen LogP contribution is 2.36. The molecule has 0 bridgehead atoms. The van der Waals surface area contributed by atoms with Crippen molar-refractivity contribution in [2.45, 2.75) is 51.7 Å². The topological polar surface area (TPSA) is 98.2 Å². The molecule has 0 aliphatic carbocycles. The molecule has 2 saturated heterocycles. The van der Waals surface area contributed by atoms with Gasteiger partial charge in [0.05, 0.1) is 24.7 Å². The van der Waals surface area contributed by atoms with Crippen LogP contribution in [0.2, 0.25) is 0 Å². The highest BCUT2D eigenvalue weighted by Gasteiger charge is 2.54. The van der Waals surface area contributed by atoms with E-state index >= 15 is 0 Å². The van der Waals surface area contributed by atoms with Gasteiger partial charge in [-0.1, -0.05) is 26.0 Å². The minimum atomic E-state index is -1.00. The van der Waals surface area contributed by atoms with Crippen molar-refractivity contribution in [1.29, 1.82) is 0 Å². The molecule has 2 aliphatic rings. The van der Waals surface area contributed by atoms with Crippen LogP contribution in [0.4, 0.5) is 14.9 Å². The van der Waals surface area contributed by atoms with Crippen LogP contribution < -0.4 is 4.90 Å². The Kier molecular flexibility index (Phi) is 6.44. The number of benzene rings is 1. The predicted octanol–water partition coefficient (Wildman–Crippen LogP) is 3.72. The van der Waals surface area contributed by atoms with Gasteiger partial charge in [0.1, 0.15) is 11.9 Å². The van der Waals surface area contributed by atoms with Crippen molar-refractivity contribution in [3.63, 3.8) is 0 Å². The highest BCUT2D eigenvalue weighted by atomic mass is 32.1. The summed E-state index contributed by atoms with van der Waals surface area (Å²) in [6, 6.07) is 7.03. The molecule has 1 aromatic carbocycles. The number of halogens is 1. The number of carboxylic acids is 1. The van der Waals surface area contributed by atoms with Gasteiger partial charge in [0.25, 0.3) is 5.91 Å². The van der Waals surface area contributed by atoms with E-state index in [0.29, 0.717) is 6.42 Å². The summed E-state index contributed by atoms with van der Waals surface area (Å²) in [7, 11) is 0. The number of anilines is 1. The lowest BCUT2D eigenvalue weighted by Crippen LogP contribution is -2.66. The molecular weight excluding hydrogens is 461 g/mol. The molecule has 2 fully saturated rings. The Morgan fingerprint density at radius 2 is 1.94 bits per heavy atom. The van der Waals surface area contributed by atoms with Crippen LogP contribution in [0.1, 0.15) is 38.0 Å². The third-order valence-corrected chi connectivity index (χ3v) is 7.09. The molecule has 8 nitrogen and oxygen atoms in total. The second-order valence-electron chi connectivity index (χ2n) is 9.44. The maximum absolute atomic E-state index is 14.0. The number of urea groups is 1. The fraction of sp³-hybridized carbons (Fsp3) is 0.417. The summed E-state index contributed by atoms with van der Waals surface area (Å²) >= 11 is 1.48. The molecule has 10 heteroatoms. The Morgan fingerprint density at radius 1 is 1.18 bits per heavy atom. The van der Waals surface area contributed by atoms with Crippen molar-refractivity contribution >= 4 is 40.8 Å². The van der Waals surface area contributed by atoms with Crippen LogP contribution in [0.15, 0.2) is 41.8 Å². The van der Waals surface area contributed by atoms with Gasteiger partial charge in [0.2, 0.25) is 5.91 Å². The Bertz CT molecular complexity index is 1120. The highest BCUT2D eigenvalue weighted by molar-refractivity contribution is 7.09. The summed E-state index contributed by atoms with van der Waals surface area (Å²) < 4.78 is 14.0. The van der Waals surface area contributed by atoms with E-state index < -0.39 is 41.2 Å². The molecule has 34 heavy (non-hydrogen) atoms. The first-order valence-electron chi connectivity index (χ1n) is 11.0. The number of fused-ring (bicyclic) bond motifs is 1. The monoisotopic (exact) mass is 487 g/mol. The van der Waals surface area contributed by atoms with Crippen molar-refractivity contribution in [2.24, 2.45) is 5.41 Å². The lowest BCUT2D eigenvalue weighted by atomic mass is 9.85. The number of hydrogen-bond acceptors (Lipinski definition) is 5. The summed E-state index contributed by atoms with van der Waals surface area (Å²) in [4.78, 5) is 56.4. The van der Waals surface area contributed by atoms with Crippen LogP contribution in [0.5, 0.6) is 0 Å². The number of likely N-dealkylation sites (tertiary alicyclic amines) is 1. The number of amides is 4. The maximum atomic E-state index is 14.0.